The Balaban J connectivity index is 1.68. The molecular formula is C20H33N3O2. The SMILES string of the molecule is CCC(C)C(O)CNC(=O)NC1CCN(Cc2ccccc2C)CC1. The molecule has 1 aliphatic heterocycles. The maximum atomic E-state index is 12.0. The summed E-state index contributed by atoms with van der Waals surface area (Å²) in [6, 6.07) is 8.56. The number of urea groups is 1. The van der Waals surface area contributed by atoms with Crippen LogP contribution in [0.4, 0.5) is 4.79 Å². The summed E-state index contributed by atoms with van der Waals surface area (Å²) in [5.74, 6) is 0.199. The van der Waals surface area contributed by atoms with Crippen molar-refractivity contribution in [3.05, 3.63) is 35.4 Å². The van der Waals surface area contributed by atoms with Crippen LogP contribution in [0.5, 0.6) is 0 Å². The van der Waals surface area contributed by atoms with Gasteiger partial charge in [0.05, 0.1) is 6.10 Å². The molecule has 1 saturated heterocycles. The van der Waals surface area contributed by atoms with E-state index < -0.39 is 6.10 Å². The topological polar surface area (TPSA) is 64.6 Å². The van der Waals surface area contributed by atoms with Crippen LogP contribution in [0.25, 0.3) is 0 Å². The van der Waals surface area contributed by atoms with Crippen molar-refractivity contribution in [3.63, 3.8) is 0 Å². The van der Waals surface area contributed by atoms with E-state index in [9.17, 15) is 9.90 Å². The molecule has 25 heavy (non-hydrogen) atoms. The number of aliphatic hydroxyl groups excluding tert-OH is 1. The molecule has 1 fully saturated rings. The van der Waals surface area contributed by atoms with E-state index in [1.54, 1.807) is 0 Å². The van der Waals surface area contributed by atoms with Gasteiger partial charge in [-0.1, -0.05) is 44.5 Å². The Morgan fingerprint density at radius 3 is 2.64 bits per heavy atom. The second-order valence-electron chi connectivity index (χ2n) is 7.28. The minimum atomic E-state index is -0.480. The fraction of sp³-hybridized carbons (Fsp3) is 0.650. The quantitative estimate of drug-likeness (QED) is 0.710. The summed E-state index contributed by atoms with van der Waals surface area (Å²) in [5.41, 5.74) is 2.72. The van der Waals surface area contributed by atoms with Gasteiger partial charge >= 0.3 is 6.03 Å². The van der Waals surface area contributed by atoms with Gasteiger partial charge in [-0.05, 0) is 36.8 Å². The number of carbonyl (C=O) groups is 1. The Kier molecular flexibility index (Phi) is 7.72. The molecule has 1 heterocycles. The number of piperidine rings is 1. The van der Waals surface area contributed by atoms with E-state index in [0.29, 0.717) is 6.54 Å². The van der Waals surface area contributed by atoms with Crippen molar-refractivity contribution in [2.75, 3.05) is 19.6 Å². The molecule has 1 aromatic rings. The van der Waals surface area contributed by atoms with E-state index in [-0.39, 0.29) is 18.0 Å². The van der Waals surface area contributed by atoms with E-state index in [1.165, 1.54) is 11.1 Å². The Morgan fingerprint density at radius 2 is 2.00 bits per heavy atom. The highest BCUT2D eigenvalue weighted by Gasteiger charge is 2.21. The van der Waals surface area contributed by atoms with Gasteiger partial charge in [0, 0.05) is 32.2 Å². The highest BCUT2D eigenvalue weighted by Crippen LogP contribution is 2.16. The summed E-state index contributed by atoms with van der Waals surface area (Å²) >= 11 is 0. The number of hydrogen-bond acceptors (Lipinski definition) is 3. The number of rotatable bonds is 7. The van der Waals surface area contributed by atoms with E-state index in [4.69, 9.17) is 0 Å². The summed E-state index contributed by atoms with van der Waals surface area (Å²) in [6.45, 7) is 9.47. The number of hydrogen-bond donors (Lipinski definition) is 3. The maximum absolute atomic E-state index is 12.0. The van der Waals surface area contributed by atoms with Crippen LogP contribution < -0.4 is 10.6 Å². The van der Waals surface area contributed by atoms with Crippen molar-refractivity contribution in [3.8, 4) is 0 Å². The summed E-state index contributed by atoms with van der Waals surface area (Å²) in [6.07, 6.45) is 2.36. The lowest BCUT2D eigenvalue weighted by molar-refractivity contribution is 0.114. The van der Waals surface area contributed by atoms with Crippen LogP contribution in [0.15, 0.2) is 24.3 Å². The van der Waals surface area contributed by atoms with Gasteiger partial charge in [0.1, 0.15) is 0 Å². The first-order chi connectivity index (χ1) is 12.0. The first-order valence-corrected chi connectivity index (χ1v) is 9.48. The van der Waals surface area contributed by atoms with Gasteiger partial charge < -0.3 is 15.7 Å². The average molecular weight is 348 g/mol. The van der Waals surface area contributed by atoms with Crippen molar-refractivity contribution in [2.45, 2.75) is 58.7 Å². The molecule has 0 aromatic heterocycles. The Hall–Kier alpha value is -1.59. The number of nitrogens with zero attached hydrogens (tertiary/aromatic N) is 1. The van der Waals surface area contributed by atoms with Crippen LogP contribution in [0.3, 0.4) is 0 Å². The van der Waals surface area contributed by atoms with Crippen LogP contribution in [0.2, 0.25) is 0 Å². The average Bonchev–Trinajstić information content (AvgIpc) is 2.62. The predicted molar refractivity (Wildman–Crippen MR) is 101 cm³/mol. The monoisotopic (exact) mass is 347 g/mol. The van der Waals surface area contributed by atoms with Gasteiger partial charge in [-0.2, -0.15) is 0 Å². The van der Waals surface area contributed by atoms with E-state index in [1.807, 2.05) is 13.8 Å². The van der Waals surface area contributed by atoms with Crippen molar-refractivity contribution in [1.82, 2.24) is 15.5 Å². The Morgan fingerprint density at radius 1 is 1.32 bits per heavy atom. The highest BCUT2D eigenvalue weighted by molar-refractivity contribution is 5.74. The molecule has 0 saturated carbocycles. The third-order valence-corrected chi connectivity index (χ3v) is 5.35. The molecule has 5 nitrogen and oxygen atoms in total. The lowest BCUT2D eigenvalue weighted by Gasteiger charge is -2.32. The van der Waals surface area contributed by atoms with Crippen LogP contribution in [0, 0.1) is 12.8 Å². The smallest absolute Gasteiger partial charge is 0.315 e. The molecule has 0 spiro atoms. The molecule has 5 heteroatoms. The van der Waals surface area contributed by atoms with Gasteiger partial charge in [-0.15, -0.1) is 0 Å². The largest absolute Gasteiger partial charge is 0.391 e. The summed E-state index contributed by atoms with van der Waals surface area (Å²) in [7, 11) is 0. The zero-order valence-corrected chi connectivity index (χ0v) is 15.8. The molecule has 0 radical (unpaired) electrons. The van der Waals surface area contributed by atoms with E-state index in [0.717, 1.165) is 38.9 Å². The number of likely N-dealkylation sites (tertiary alicyclic amines) is 1. The summed E-state index contributed by atoms with van der Waals surface area (Å²) < 4.78 is 0. The third kappa shape index (κ3) is 6.33. The summed E-state index contributed by atoms with van der Waals surface area (Å²) in [4.78, 5) is 14.4. The Bertz CT molecular complexity index is 541. The second kappa shape index (κ2) is 9.78. The molecule has 3 N–H and O–H groups in total. The normalized spacial score (nSPS) is 18.6. The zero-order chi connectivity index (χ0) is 18.2. The van der Waals surface area contributed by atoms with Crippen molar-refractivity contribution in [1.29, 1.82) is 0 Å². The molecule has 2 unspecified atom stereocenters. The van der Waals surface area contributed by atoms with Crippen molar-refractivity contribution >= 4 is 6.03 Å². The van der Waals surface area contributed by atoms with Crippen LogP contribution in [0.1, 0.15) is 44.2 Å². The number of amides is 2. The molecule has 1 aromatic carbocycles. The molecule has 1 aliphatic rings. The standard InChI is InChI=1S/C20H33N3O2/c1-4-15(2)19(24)13-21-20(25)22-18-9-11-23(12-10-18)14-17-8-6-5-7-16(17)3/h5-8,15,18-19,24H,4,9-14H2,1-3H3,(H2,21,22,25). The molecule has 2 rings (SSSR count). The fourth-order valence-electron chi connectivity index (χ4n) is 3.17. The number of aryl methyl sites for hydroxylation is 1. The summed E-state index contributed by atoms with van der Waals surface area (Å²) in [5, 5.41) is 15.7. The van der Waals surface area contributed by atoms with Crippen LogP contribution in [-0.4, -0.2) is 47.8 Å². The lowest BCUT2D eigenvalue weighted by Crippen LogP contribution is -2.49. The molecule has 0 aliphatic carbocycles. The van der Waals surface area contributed by atoms with Crippen molar-refractivity contribution < 1.29 is 9.90 Å². The van der Waals surface area contributed by atoms with Gasteiger partial charge in [-0.25, -0.2) is 4.79 Å². The molecule has 2 atom stereocenters. The van der Waals surface area contributed by atoms with E-state index in [2.05, 4.69) is 46.7 Å². The first kappa shape index (κ1) is 19.7. The minimum Gasteiger partial charge on any atom is -0.391 e. The maximum Gasteiger partial charge on any atom is 0.315 e. The number of carbonyl (C=O) groups excluding carboxylic acids is 1. The molecule has 140 valence electrons. The van der Waals surface area contributed by atoms with E-state index >= 15 is 0 Å². The van der Waals surface area contributed by atoms with Crippen LogP contribution >= 0.6 is 0 Å². The Labute approximate surface area is 151 Å². The third-order valence-electron chi connectivity index (χ3n) is 5.35. The molecular weight excluding hydrogens is 314 g/mol. The van der Waals surface area contributed by atoms with Gasteiger partial charge in [0.2, 0.25) is 0 Å². The molecule has 0 bridgehead atoms. The van der Waals surface area contributed by atoms with Crippen molar-refractivity contribution in [2.24, 2.45) is 5.92 Å². The number of nitrogens with one attached hydrogen (secondary N) is 2. The minimum absolute atomic E-state index is 0.167. The first-order valence-electron chi connectivity index (χ1n) is 9.48. The lowest BCUT2D eigenvalue weighted by atomic mass is 10.0. The van der Waals surface area contributed by atoms with Gasteiger partial charge in [-0.3, -0.25) is 4.90 Å². The van der Waals surface area contributed by atoms with Gasteiger partial charge in [0.15, 0.2) is 0 Å². The van der Waals surface area contributed by atoms with Gasteiger partial charge in [0.25, 0.3) is 0 Å². The van der Waals surface area contributed by atoms with Crippen LogP contribution in [-0.2, 0) is 6.54 Å². The fourth-order valence-corrected chi connectivity index (χ4v) is 3.17. The zero-order valence-electron chi connectivity index (χ0n) is 15.8. The predicted octanol–water partition coefficient (Wildman–Crippen LogP) is 2.67. The number of benzene rings is 1. The molecule has 2 amide bonds. The number of aliphatic hydroxyl groups is 1. The highest BCUT2D eigenvalue weighted by atomic mass is 16.3. The second-order valence-corrected chi connectivity index (χ2v) is 7.28.